The van der Waals surface area contributed by atoms with Crippen LogP contribution in [-0.2, 0) is 6.54 Å². The van der Waals surface area contributed by atoms with Gasteiger partial charge in [-0.15, -0.1) is 0 Å². The van der Waals surface area contributed by atoms with Gasteiger partial charge in [-0.25, -0.2) is 9.97 Å². The third kappa shape index (κ3) is 7.02. The number of nitrogens with one attached hydrogen (secondary N) is 2. The van der Waals surface area contributed by atoms with Crippen LogP contribution in [0.3, 0.4) is 0 Å². The number of ether oxygens (including phenoxy) is 2. The Morgan fingerprint density at radius 2 is 1.97 bits per heavy atom. The van der Waals surface area contributed by atoms with Crippen LogP contribution in [0.2, 0.25) is 0 Å². The predicted molar refractivity (Wildman–Crippen MR) is 156 cm³/mol. The van der Waals surface area contributed by atoms with E-state index < -0.39 is 0 Å². The van der Waals surface area contributed by atoms with Gasteiger partial charge in [-0.2, -0.15) is 0 Å². The molecule has 2 saturated heterocycles. The molecule has 2 fully saturated rings. The highest BCUT2D eigenvalue weighted by Crippen LogP contribution is 2.35. The molecular weight excluding hydrogens is 512 g/mol. The number of anilines is 1. The average molecular weight is 551 g/mol. The molecule has 4 heterocycles. The molecule has 0 spiro atoms. The van der Waals surface area contributed by atoms with Crippen molar-refractivity contribution in [2.24, 2.45) is 5.92 Å². The standard InChI is InChI=1S/C28H38N8O2S/c1-20-15-31-22(17-30-20)18-32-28(39)36-10-8-35(9-11-36)27-23-13-25(37-2)26(14-24(23)33-19-34-27)38-12-4-6-21-5-3-7-29-16-21/h13-15,17,19,21,29H,3-12,16,18H2,1-2H3,(H,32,39). The molecule has 1 unspecified atom stereocenters. The molecule has 2 aliphatic heterocycles. The number of hydrogen-bond donors (Lipinski definition) is 2. The van der Waals surface area contributed by atoms with E-state index >= 15 is 0 Å². The van der Waals surface area contributed by atoms with Crippen molar-refractivity contribution < 1.29 is 9.47 Å². The second-order valence-electron chi connectivity index (χ2n) is 10.2. The quantitative estimate of drug-likeness (QED) is 0.304. The van der Waals surface area contributed by atoms with Gasteiger partial charge in [0.05, 0.1) is 43.4 Å². The Bertz CT molecular complexity index is 1240. The second kappa shape index (κ2) is 13.2. The van der Waals surface area contributed by atoms with Crippen LogP contribution in [-0.4, -0.2) is 82.9 Å². The first kappa shape index (κ1) is 27.3. The van der Waals surface area contributed by atoms with Crippen molar-refractivity contribution in [3.05, 3.63) is 42.2 Å². The van der Waals surface area contributed by atoms with E-state index in [2.05, 4.69) is 40.4 Å². The maximum Gasteiger partial charge on any atom is 0.169 e. The highest BCUT2D eigenvalue weighted by atomic mass is 32.1. The molecule has 2 aliphatic rings. The van der Waals surface area contributed by atoms with Gasteiger partial charge in [0.2, 0.25) is 0 Å². The van der Waals surface area contributed by atoms with Crippen molar-refractivity contribution in [1.82, 2.24) is 35.5 Å². The summed E-state index contributed by atoms with van der Waals surface area (Å²) >= 11 is 5.65. The monoisotopic (exact) mass is 550 g/mol. The number of nitrogens with zero attached hydrogens (tertiary/aromatic N) is 6. The molecule has 0 radical (unpaired) electrons. The van der Waals surface area contributed by atoms with Gasteiger partial charge in [0.25, 0.3) is 0 Å². The number of piperidine rings is 1. The maximum absolute atomic E-state index is 6.16. The van der Waals surface area contributed by atoms with Gasteiger partial charge < -0.3 is 29.9 Å². The molecule has 2 N–H and O–H groups in total. The molecule has 3 aromatic rings. The minimum atomic E-state index is 0.560. The summed E-state index contributed by atoms with van der Waals surface area (Å²) in [5.74, 6) is 3.10. The van der Waals surface area contributed by atoms with Gasteiger partial charge >= 0.3 is 0 Å². The molecule has 1 atom stereocenters. The van der Waals surface area contributed by atoms with E-state index in [1.54, 1.807) is 25.8 Å². The largest absolute Gasteiger partial charge is 0.493 e. The van der Waals surface area contributed by atoms with E-state index in [1.807, 2.05) is 19.1 Å². The zero-order valence-corrected chi connectivity index (χ0v) is 23.7. The topological polar surface area (TPSA) is 101 Å². The Hall–Kier alpha value is -3.31. The smallest absolute Gasteiger partial charge is 0.169 e. The minimum absolute atomic E-state index is 0.560. The van der Waals surface area contributed by atoms with Crippen molar-refractivity contribution in [2.75, 3.05) is 57.9 Å². The van der Waals surface area contributed by atoms with Crippen molar-refractivity contribution in [3.63, 3.8) is 0 Å². The lowest BCUT2D eigenvalue weighted by Gasteiger charge is -2.37. The fourth-order valence-electron chi connectivity index (χ4n) is 5.21. The fraction of sp³-hybridized carbons (Fsp3) is 0.536. The van der Waals surface area contributed by atoms with Crippen molar-refractivity contribution in [1.29, 1.82) is 0 Å². The van der Waals surface area contributed by atoms with Gasteiger partial charge in [-0.3, -0.25) is 9.97 Å². The number of aromatic nitrogens is 4. The molecule has 39 heavy (non-hydrogen) atoms. The molecular formula is C28H38N8O2S. The molecule has 0 aliphatic carbocycles. The Morgan fingerprint density at radius 3 is 2.72 bits per heavy atom. The van der Waals surface area contributed by atoms with Crippen molar-refractivity contribution in [3.8, 4) is 11.5 Å². The summed E-state index contributed by atoms with van der Waals surface area (Å²) in [5.41, 5.74) is 2.62. The number of rotatable bonds is 9. The summed E-state index contributed by atoms with van der Waals surface area (Å²) in [6.45, 7) is 8.62. The normalized spacial score (nSPS) is 17.7. The number of benzene rings is 1. The lowest BCUT2D eigenvalue weighted by atomic mass is 9.95. The molecule has 208 valence electrons. The summed E-state index contributed by atoms with van der Waals surface area (Å²) in [5, 5.41) is 8.49. The van der Waals surface area contributed by atoms with Crippen LogP contribution in [0.1, 0.15) is 37.1 Å². The molecule has 5 rings (SSSR count). The van der Waals surface area contributed by atoms with E-state index in [9.17, 15) is 0 Å². The Labute approximate surface area is 235 Å². The highest BCUT2D eigenvalue weighted by molar-refractivity contribution is 7.80. The van der Waals surface area contributed by atoms with Crippen LogP contribution in [0.15, 0.2) is 30.9 Å². The summed E-state index contributed by atoms with van der Waals surface area (Å²) in [6.07, 6.45) is 9.97. The number of methoxy groups -OCH3 is 1. The van der Waals surface area contributed by atoms with Crippen molar-refractivity contribution >= 4 is 34.1 Å². The third-order valence-corrected chi connectivity index (χ3v) is 7.84. The highest BCUT2D eigenvalue weighted by Gasteiger charge is 2.23. The van der Waals surface area contributed by atoms with Crippen LogP contribution in [0.25, 0.3) is 10.9 Å². The Balaban J connectivity index is 1.18. The molecule has 11 heteroatoms. The van der Waals surface area contributed by atoms with E-state index in [-0.39, 0.29) is 0 Å². The van der Waals surface area contributed by atoms with E-state index in [4.69, 9.17) is 21.7 Å². The zero-order valence-electron chi connectivity index (χ0n) is 22.9. The molecule has 0 saturated carbocycles. The van der Waals surface area contributed by atoms with Crippen LogP contribution in [0.4, 0.5) is 5.82 Å². The molecule has 2 aromatic heterocycles. The predicted octanol–water partition coefficient (Wildman–Crippen LogP) is 3.09. The summed E-state index contributed by atoms with van der Waals surface area (Å²) < 4.78 is 11.9. The molecule has 10 nitrogen and oxygen atoms in total. The molecule has 0 amide bonds. The zero-order chi connectivity index (χ0) is 27.0. The number of aryl methyl sites for hydroxylation is 1. The van der Waals surface area contributed by atoms with E-state index in [1.165, 1.54) is 19.3 Å². The third-order valence-electron chi connectivity index (χ3n) is 7.43. The minimum Gasteiger partial charge on any atom is -0.493 e. The first-order valence-corrected chi connectivity index (χ1v) is 14.2. The Kier molecular flexibility index (Phi) is 9.20. The van der Waals surface area contributed by atoms with Gasteiger partial charge in [-0.05, 0) is 69.9 Å². The first-order valence-electron chi connectivity index (χ1n) is 13.8. The lowest BCUT2D eigenvalue weighted by Crippen LogP contribution is -2.51. The van der Waals surface area contributed by atoms with E-state index in [0.717, 1.165) is 90.6 Å². The lowest BCUT2D eigenvalue weighted by molar-refractivity contribution is 0.264. The van der Waals surface area contributed by atoms with Crippen molar-refractivity contribution in [2.45, 2.75) is 39.2 Å². The number of thiocarbonyl (C=S) groups is 1. The number of hydrogen-bond acceptors (Lipinski definition) is 9. The Morgan fingerprint density at radius 1 is 1.10 bits per heavy atom. The SMILES string of the molecule is COc1cc2c(N3CCN(C(=S)NCc4cnc(C)cn4)CC3)ncnc2cc1OCCCC1CCCNC1. The van der Waals surface area contributed by atoms with Crippen LogP contribution < -0.4 is 25.0 Å². The van der Waals surface area contributed by atoms with Crippen LogP contribution in [0, 0.1) is 12.8 Å². The summed E-state index contributed by atoms with van der Waals surface area (Å²) in [6, 6.07) is 3.98. The van der Waals surface area contributed by atoms with Gasteiger partial charge in [0.15, 0.2) is 16.6 Å². The fourth-order valence-corrected chi connectivity index (χ4v) is 5.46. The van der Waals surface area contributed by atoms with Gasteiger partial charge in [0, 0.05) is 43.8 Å². The average Bonchev–Trinajstić information content (AvgIpc) is 2.98. The first-order chi connectivity index (χ1) is 19.1. The van der Waals surface area contributed by atoms with Crippen LogP contribution in [0.5, 0.6) is 11.5 Å². The van der Waals surface area contributed by atoms with Crippen LogP contribution >= 0.6 is 12.2 Å². The maximum atomic E-state index is 6.16. The summed E-state index contributed by atoms with van der Waals surface area (Å²) in [4.78, 5) is 22.3. The number of fused-ring (bicyclic) bond motifs is 1. The van der Waals surface area contributed by atoms with Gasteiger partial charge in [0.1, 0.15) is 12.1 Å². The summed E-state index contributed by atoms with van der Waals surface area (Å²) in [7, 11) is 1.68. The molecule has 0 bridgehead atoms. The van der Waals surface area contributed by atoms with E-state index in [0.29, 0.717) is 18.9 Å². The molecule has 1 aromatic carbocycles. The second-order valence-corrected chi connectivity index (χ2v) is 10.6. The number of piperazine rings is 1. The van der Waals surface area contributed by atoms with Gasteiger partial charge in [-0.1, -0.05) is 0 Å².